The van der Waals surface area contributed by atoms with Crippen LogP contribution in [0, 0.1) is 5.92 Å². The van der Waals surface area contributed by atoms with Gasteiger partial charge in [0.2, 0.25) is 0 Å². The molecule has 0 bridgehead atoms. The Hall–Kier alpha value is -0.130. The van der Waals surface area contributed by atoms with Gasteiger partial charge in [0, 0.05) is 5.54 Å². The predicted octanol–water partition coefficient (Wildman–Crippen LogP) is 0.316. The summed E-state index contributed by atoms with van der Waals surface area (Å²) in [6, 6.07) is 0. The molecule has 2 rings (SSSR count). The second-order valence-corrected chi connectivity index (χ2v) is 7.38. The van der Waals surface area contributed by atoms with Crippen molar-refractivity contribution < 1.29 is 13.5 Å². The Kier molecular flexibility index (Phi) is 3.56. The fourth-order valence-electron chi connectivity index (χ4n) is 3.06. The van der Waals surface area contributed by atoms with Crippen molar-refractivity contribution >= 4 is 9.84 Å². The third-order valence-corrected chi connectivity index (χ3v) is 5.87. The number of aliphatic hydroxyl groups excluding tert-OH is 1. The van der Waals surface area contributed by atoms with Gasteiger partial charge in [-0.2, -0.15) is 0 Å². The van der Waals surface area contributed by atoms with Crippen molar-refractivity contribution in [2.75, 3.05) is 24.7 Å². The van der Waals surface area contributed by atoms with Crippen molar-refractivity contribution in [3.8, 4) is 0 Å². The third kappa shape index (κ3) is 2.41. The number of nitrogens with one attached hydrogen (secondary N) is 1. The highest BCUT2D eigenvalue weighted by Crippen LogP contribution is 2.34. The Balaban J connectivity index is 2.14. The van der Waals surface area contributed by atoms with Crippen molar-refractivity contribution in [2.45, 2.75) is 37.6 Å². The maximum atomic E-state index is 11.7. The minimum atomic E-state index is -2.88. The quantitative estimate of drug-likeness (QED) is 0.737. The number of hydrogen-bond acceptors (Lipinski definition) is 4. The number of piperidine rings is 1. The molecule has 2 aliphatic rings. The average Bonchev–Trinajstić information content (AvgIpc) is 2.29. The second kappa shape index (κ2) is 4.63. The highest BCUT2D eigenvalue weighted by molar-refractivity contribution is 7.91. The molecule has 0 aliphatic carbocycles. The molecule has 2 fully saturated rings. The Bertz CT molecular complexity index is 333. The average molecular weight is 247 g/mol. The number of rotatable bonds is 2. The van der Waals surface area contributed by atoms with Crippen molar-refractivity contribution in [3.63, 3.8) is 0 Å². The van der Waals surface area contributed by atoms with Crippen LogP contribution in [0.25, 0.3) is 0 Å². The van der Waals surface area contributed by atoms with Gasteiger partial charge in [0.1, 0.15) is 0 Å². The monoisotopic (exact) mass is 247 g/mol. The fourth-order valence-corrected chi connectivity index (χ4v) is 4.93. The van der Waals surface area contributed by atoms with E-state index in [1.54, 1.807) is 0 Å². The minimum Gasteiger partial charge on any atom is -0.394 e. The molecule has 2 N–H and O–H groups in total. The number of hydrogen-bond donors (Lipinski definition) is 2. The van der Waals surface area contributed by atoms with Crippen LogP contribution in [0.5, 0.6) is 0 Å². The van der Waals surface area contributed by atoms with E-state index in [-0.39, 0.29) is 23.8 Å². The lowest BCUT2D eigenvalue weighted by Crippen LogP contribution is -2.59. The first-order chi connectivity index (χ1) is 7.58. The molecule has 0 radical (unpaired) electrons. The lowest BCUT2D eigenvalue weighted by atomic mass is 9.77. The summed E-state index contributed by atoms with van der Waals surface area (Å²) in [5.74, 6) is 0.669. The van der Waals surface area contributed by atoms with Gasteiger partial charge in [-0.3, -0.25) is 0 Å². The molecule has 2 aliphatic heterocycles. The van der Waals surface area contributed by atoms with Gasteiger partial charge in [-0.05, 0) is 38.1 Å². The largest absolute Gasteiger partial charge is 0.394 e. The maximum Gasteiger partial charge on any atom is 0.150 e. The lowest BCUT2D eigenvalue weighted by Gasteiger charge is -2.44. The predicted molar refractivity (Wildman–Crippen MR) is 63.0 cm³/mol. The van der Waals surface area contributed by atoms with E-state index in [4.69, 9.17) is 0 Å². The third-order valence-electron chi connectivity index (χ3n) is 4.05. The van der Waals surface area contributed by atoms with Crippen LogP contribution < -0.4 is 5.32 Å². The van der Waals surface area contributed by atoms with E-state index in [0.717, 1.165) is 38.6 Å². The summed E-state index contributed by atoms with van der Waals surface area (Å²) in [7, 11) is -2.88. The molecular formula is C11H21NO3S. The van der Waals surface area contributed by atoms with Gasteiger partial charge in [-0.25, -0.2) is 8.42 Å². The van der Waals surface area contributed by atoms with Crippen LogP contribution in [-0.2, 0) is 9.84 Å². The van der Waals surface area contributed by atoms with E-state index in [1.165, 1.54) is 0 Å². The highest BCUT2D eigenvalue weighted by atomic mass is 32.2. The first-order valence-electron chi connectivity index (χ1n) is 6.14. The number of sulfone groups is 1. The van der Waals surface area contributed by atoms with E-state index in [9.17, 15) is 13.5 Å². The summed E-state index contributed by atoms with van der Waals surface area (Å²) >= 11 is 0. The van der Waals surface area contributed by atoms with E-state index in [1.807, 2.05) is 0 Å². The Morgan fingerprint density at radius 1 is 1.31 bits per heavy atom. The maximum absolute atomic E-state index is 11.7. The van der Waals surface area contributed by atoms with Crippen LogP contribution in [0.3, 0.4) is 0 Å². The Labute approximate surface area is 97.3 Å². The molecule has 16 heavy (non-hydrogen) atoms. The molecular weight excluding hydrogens is 226 g/mol. The van der Waals surface area contributed by atoms with Crippen LogP contribution in [0.4, 0.5) is 0 Å². The molecule has 2 atom stereocenters. The Morgan fingerprint density at radius 3 is 2.69 bits per heavy atom. The summed E-state index contributed by atoms with van der Waals surface area (Å²) < 4.78 is 23.3. The van der Waals surface area contributed by atoms with Crippen LogP contribution in [0.15, 0.2) is 0 Å². The summed E-state index contributed by atoms with van der Waals surface area (Å²) in [5.41, 5.74) is -0.328. The van der Waals surface area contributed by atoms with Crippen molar-refractivity contribution in [1.29, 1.82) is 0 Å². The molecule has 2 heterocycles. The van der Waals surface area contributed by atoms with Crippen molar-refractivity contribution in [3.05, 3.63) is 0 Å². The van der Waals surface area contributed by atoms with Gasteiger partial charge >= 0.3 is 0 Å². The van der Waals surface area contributed by atoms with E-state index in [2.05, 4.69) is 5.32 Å². The second-order valence-electron chi connectivity index (χ2n) is 5.15. The molecule has 0 saturated carbocycles. The zero-order valence-corrected chi connectivity index (χ0v) is 10.4. The lowest BCUT2D eigenvalue weighted by molar-refractivity contribution is 0.0794. The van der Waals surface area contributed by atoms with Crippen LogP contribution in [0.2, 0.25) is 0 Å². The van der Waals surface area contributed by atoms with Crippen LogP contribution in [-0.4, -0.2) is 43.7 Å². The molecule has 2 unspecified atom stereocenters. The van der Waals surface area contributed by atoms with E-state index >= 15 is 0 Å². The molecule has 0 spiro atoms. The summed E-state index contributed by atoms with van der Waals surface area (Å²) in [5, 5.41) is 13.0. The van der Waals surface area contributed by atoms with Crippen molar-refractivity contribution in [2.24, 2.45) is 5.92 Å². The SMILES string of the molecule is O=S1(=O)CCCC(C2(CO)CCCCN2)C1. The molecule has 0 amide bonds. The zero-order valence-electron chi connectivity index (χ0n) is 9.61. The van der Waals surface area contributed by atoms with Gasteiger partial charge in [-0.15, -0.1) is 0 Å². The van der Waals surface area contributed by atoms with Gasteiger partial charge in [0.05, 0.1) is 18.1 Å². The van der Waals surface area contributed by atoms with Gasteiger partial charge in [0.15, 0.2) is 9.84 Å². The molecule has 2 saturated heterocycles. The van der Waals surface area contributed by atoms with Crippen molar-refractivity contribution in [1.82, 2.24) is 5.32 Å². The van der Waals surface area contributed by atoms with Gasteiger partial charge < -0.3 is 10.4 Å². The van der Waals surface area contributed by atoms with Crippen LogP contribution in [0.1, 0.15) is 32.1 Å². The Morgan fingerprint density at radius 2 is 2.12 bits per heavy atom. The zero-order chi connectivity index (χ0) is 11.6. The van der Waals surface area contributed by atoms with Gasteiger partial charge in [-0.1, -0.05) is 6.42 Å². The molecule has 5 heteroatoms. The molecule has 4 nitrogen and oxygen atoms in total. The summed E-state index contributed by atoms with van der Waals surface area (Å²) in [6.07, 6.45) is 4.79. The topological polar surface area (TPSA) is 66.4 Å². The number of aliphatic hydroxyl groups is 1. The smallest absolute Gasteiger partial charge is 0.150 e. The molecule has 0 aromatic heterocycles. The normalized spacial score (nSPS) is 39.4. The van der Waals surface area contributed by atoms with E-state index in [0.29, 0.717) is 5.75 Å². The summed E-state index contributed by atoms with van der Waals surface area (Å²) in [4.78, 5) is 0. The van der Waals surface area contributed by atoms with Gasteiger partial charge in [0.25, 0.3) is 0 Å². The standard InChI is InChI=1S/C11H21NO3S/c13-9-11(5-1-2-6-12-11)10-4-3-7-16(14,15)8-10/h10,12-13H,1-9H2. The first-order valence-corrected chi connectivity index (χ1v) is 7.96. The molecule has 0 aromatic carbocycles. The molecule has 0 aromatic rings. The fraction of sp³-hybridized carbons (Fsp3) is 1.00. The highest BCUT2D eigenvalue weighted by Gasteiger charge is 2.42. The van der Waals surface area contributed by atoms with E-state index < -0.39 is 9.84 Å². The minimum absolute atomic E-state index is 0.0627. The van der Waals surface area contributed by atoms with Crippen LogP contribution >= 0.6 is 0 Å². The summed E-state index contributed by atoms with van der Waals surface area (Å²) in [6.45, 7) is 0.963. The first kappa shape index (κ1) is 12.3. The molecule has 94 valence electrons.